The van der Waals surface area contributed by atoms with Crippen molar-refractivity contribution in [3.05, 3.63) is 0 Å². The topological polar surface area (TPSA) is 50.4 Å². The Kier molecular flexibility index (Phi) is 7.21. The number of rotatable bonds is 7. The van der Waals surface area contributed by atoms with Crippen LogP contribution < -0.4 is 10.6 Å². The van der Waals surface area contributed by atoms with Gasteiger partial charge in [0.25, 0.3) is 0 Å². The molecule has 0 saturated carbocycles. The summed E-state index contributed by atoms with van der Waals surface area (Å²) in [5, 5.41) is 6.32. The number of methoxy groups -OCH3 is 1. The third-order valence-electron chi connectivity index (χ3n) is 3.38. The van der Waals surface area contributed by atoms with E-state index in [2.05, 4.69) is 17.6 Å². The van der Waals surface area contributed by atoms with E-state index < -0.39 is 0 Å². The molecule has 17 heavy (non-hydrogen) atoms. The summed E-state index contributed by atoms with van der Waals surface area (Å²) in [7, 11) is 1.72. The number of piperidine rings is 1. The maximum absolute atomic E-state index is 11.9. The number of hydrogen-bond acceptors (Lipinski definition) is 3. The molecule has 100 valence electrons. The third-order valence-corrected chi connectivity index (χ3v) is 3.38. The lowest BCUT2D eigenvalue weighted by Gasteiger charge is -2.28. The van der Waals surface area contributed by atoms with Crippen molar-refractivity contribution in [3.8, 4) is 0 Å². The molecule has 4 nitrogen and oxygen atoms in total. The molecule has 1 amide bonds. The first-order chi connectivity index (χ1) is 8.25. The van der Waals surface area contributed by atoms with Gasteiger partial charge in [-0.15, -0.1) is 0 Å². The monoisotopic (exact) mass is 242 g/mol. The second-order valence-electron chi connectivity index (χ2n) is 4.90. The van der Waals surface area contributed by atoms with Gasteiger partial charge in [0.15, 0.2) is 0 Å². The zero-order chi connectivity index (χ0) is 12.5. The number of ether oxygens (including phenoxy) is 1. The van der Waals surface area contributed by atoms with Gasteiger partial charge in [0.05, 0.1) is 6.04 Å². The fourth-order valence-corrected chi connectivity index (χ4v) is 2.27. The summed E-state index contributed by atoms with van der Waals surface area (Å²) in [4.78, 5) is 11.9. The first-order valence-electron chi connectivity index (χ1n) is 6.75. The van der Waals surface area contributed by atoms with Crippen LogP contribution >= 0.6 is 0 Å². The molecule has 2 unspecified atom stereocenters. The average Bonchev–Trinajstić information content (AvgIpc) is 2.34. The van der Waals surface area contributed by atoms with E-state index in [0.717, 1.165) is 45.4 Å². The minimum absolute atomic E-state index is 0.0164. The molecule has 0 radical (unpaired) electrons. The van der Waals surface area contributed by atoms with Gasteiger partial charge in [-0.2, -0.15) is 0 Å². The first kappa shape index (κ1) is 14.5. The van der Waals surface area contributed by atoms with Gasteiger partial charge in [-0.1, -0.05) is 6.92 Å². The second kappa shape index (κ2) is 8.48. The maximum Gasteiger partial charge on any atom is 0.237 e. The maximum atomic E-state index is 11.9. The Balaban J connectivity index is 2.07. The van der Waals surface area contributed by atoms with E-state index in [1.165, 1.54) is 6.42 Å². The Labute approximate surface area is 104 Å². The summed E-state index contributed by atoms with van der Waals surface area (Å²) in [6.45, 7) is 4.72. The molecule has 4 heteroatoms. The number of amides is 1. The molecular formula is C13H26N2O2. The van der Waals surface area contributed by atoms with Crippen LogP contribution in [0.3, 0.4) is 0 Å². The van der Waals surface area contributed by atoms with Gasteiger partial charge in [0.2, 0.25) is 5.91 Å². The van der Waals surface area contributed by atoms with Crippen LogP contribution in [0.5, 0.6) is 0 Å². The quantitative estimate of drug-likeness (QED) is 0.662. The smallest absolute Gasteiger partial charge is 0.237 e. The highest BCUT2D eigenvalue weighted by molar-refractivity contribution is 5.82. The molecule has 1 saturated heterocycles. The molecular weight excluding hydrogens is 216 g/mol. The van der Waals surface area contributed by atoms with Crippen molar-refractivity contribution in [3.63, 3.8) is 0 Å². The predicted molar refractivity (Wildman–Crippen MR) is 68.9 cm³/mol. The van der Waals surface area contributed by atoms with Gasteiger partial charge >= 0.3 is 0 Å². The van der Waals surface area contributed by atoms with Crippen LogP contribution in [0.15, 0.2) is 0 Å². The van der Waals surface area contributed by atoms with E-state index >= 15 is 0 Å². The number of carbonyl (C=O) groups excluding carboxylic acids is 1. The summed E-state index contributed by atoms with van der Waals surface area (Å²) in [6.07, 6.45) is 5.56. The van der Waals surface area contributed by atoms with Crippen molar-refractivity contribution in [2.24, 2.45) is 5.92 Å². The standard InChI is InChI=1S/C13H26N2O2/c1-11-7-6-9-14-12(11)13(16)15-8-4-3-5-10-17-2/h11-12,14H,3-10H2,1-2H3,(H,15,16). The first-order valence-corrected chi connectivity index (χ1v) is 6.75. The van der Waals surface area contributed by atoms with Crippen LogP contribution in [0.25, 0.3) is 0 Å². The van der Waals surface area contributed by atoms with Crippen LogP contribution in [-0.2, 0) is 9.53 Å². The number of nitrogens with one attached hydrogen (secondary N) is 2. The zero-order valence-corrected chi connectivity index (χ0v) is 11.1. The summed E-state index contributed by atoms with van der Waals surface area (Å²) < 4.78 is 4.98. The predicted octanol–water partition coefficient (Wildman–Crippen LogP) is 1.31. The van der Waals surface area contributed by atoms with Crippen LogP contribution in [-0.4, -0.2) is 38.8 Å². The molecule has 1 aliphatic rings. The van der Waals surface area contributed by atoms with Crippen molar-refractivity contribution < 1.29 is 9.53 Å². The lowest BCUT2D eigenvalue weighted by atomic mass is 9.92. The third kappa shape index (κ3) is 5.50. The molecule has 2 N–H and O–H groups in total. The van der Waals surface area contributed by atoms with Crippen LogP contribution in [0, 0.1) is 5.92 Å². The Morgan fingerprint density at radius 1 is 1.41 bits per heavy atom. The van der Waals surface area contributed by atoms with E-state index in [1.807, 2.05) is 0 Å². The largest absolute Gasteiger partial charge is 0.385 e. The minimum atomic E-state index is 0.0164. The van der Waals surface area contributed by atoms with Crippen molar-refractivity contribution >= 4 is 5.91 Å². The number of unbranched alkanes of at least 4 members (excludes halogenated alkanes) is 2. The Morgan fingerprint density at radius 3 is 2.94 bits per heavy atom. The molecule has 0 aromatic rings. The van der Waals surface area contributed by atoms with E-state index in [4.69, 9.17) is 4.74 Å². The van der Waals surface area contributed by atoms with Crippen molar-refractivity contribution in [1.29, 1.82) is 0 Å². The van der Waals surface area contributed by atoms with E-state index in [1.54, 1.807) is 7.11 Å². The molecule has 0 aromatic heterocycles. The lowest BCUT2D eigenvalue weighted by molar-refractivity contribution is -0.124. The SMILES string of the molecule is COCCCCCNC(=O)C1NCCCC1C. The molecule has 0 aromatic carbocycles. The molecule has 1 heterocycles. The minimum Gasteiger partial charge on any atom is -0.385 e. The summed E-state index contributed by atoms with van der Waals surface area (Å²) in [6, 6.07) is 0.0164. The lowest BCUT2D eigenvalue weighted by Crippen LogP contribution is -2.51. The molecule has 1 fully saturated rings. The molecule has 0 spiro atoms. The normalized spacial score (nSPS) is 24.6. The molecule has 0 aliphatic carbocycles. The number of hydrogen-bond donors (Lipinski definition) is 2. The summed E-state index contributed by atoms with van der Waals surface area (Å²) >= 11 is 0. The van der Waals surface area contributed by atoms with Crippen LogP contribution in [0.4, 0.5) is 0 Å². The highest BCUT2D eigenvalue weighted by atomic mass is 16.5. The summed E-state index contributed by atoms with van der Waals surface area (Å²) in [5.74, 6) is 0.626. The van der Waals surface area contributed by atoms with Crippen molar-refractivity contribution in [1.82, 2.24) is 10.6 Å². The second-order valence-corrected chi connectivity index (χ2v) is 4.90. The zero-order valence-electron chi connectivity index (χ0n) is 11.1. The van der Waals surface area contributed by atoms with E-state index in [-0.39, 0.29) is 11.9 Å². The summed E-state index contributed by atoms with van der Waals surface area (Å²) in [5.41, 5.74) is 0. The van der Waals surface area contributed by atoms with Crippen LogP contribution in [0.2, 0.25) is 0 Å². The average molecular weight is 242 g/mol. The van der Waals surface area contributed by atoms with Gasteiger partial charge in [0.1, 0.15) is 0 Å². The van der Waals surface area contributed by atoms with Gasteiger partial charge in [0, 0.05) is 20.3 Å². The fourth-order valence-electron chi connectivity index (χ4n) is 2.27. The van der Waals surface area contributed by atoms with E-state index in [0.29, 0.717) is 5.92 Å². The molecule has 2 atom stereocenters. The highest BCUT2D eigenvalue weighted by Crippen LogP contribution is 2.15. The van der Waals surface area contributed by atoms with Gasteiger partial charge in [-0.3, -0.25) is 4.79 Å². The van der Waals surface area contributed by atoms with Crippen molar-refractivity contribution in [2.75, 3.05) is 26.8 Å². The van der Waals surface area contributed by atoms with Crippen LogP contribution in [0.1, 0.15) is 39.0 Å². The molecule has 1 rings (SSSR count). The van der Waals surface area contributed by atoms with Gasteiger partial charge in [-0.05, 0) is 44.6 Å². The highest BCUT2D eigenvalue weighted by Gasteiger charge is 2.26. The number of carbonyl (C=O) groups is 1. The molecule has 1 aliphatic heterocycles. The molecule has 0 bridgehead atoms. The van der Waals surface area contributed by atoms with E-state index in [9.17, 15) is 4.79 Å². The van der Waals surface area contributed by atoms with Gasteiger partial charge < -0.3 is 15.4 Å². The fraction of sp³-hybridized carbons (Fsp3) is 0.923. The van der Waals surface area contributed by atoms with Gasteiger partial charge in [-0.25, -0.2) is 0 Å². The van der Waals surface area contributed by atoms with Crippen molar-refractivity contribution in [2.45, 2.75) is 45.1 Å². The Morgan fingerprint density at radius 2 is 2.24 bits per heavy atom. The Hall–Kier alpha value is -0.610. The Bertz CT molecular complexity index is 221.